The van der Waals surface area contributed by atoms with Gasteiger partial charge in [-0.15, -0.1) is 0 Å². The molecule has 1 aliphatic rings. The summed E-state index contributed by atoms with van der Waals surface area (Å²) in [6.45, 7) is 6.02. The summed E-state index contributed by atoms with van der Waals surface area (Å²) in [5, 5.41) is 6.95. The molecule has 4 rings (SSSR count). The number of amides is 1. The molecule has 0 aliphatic carbocycles. The zero-order valence-electron chi connectivity index (χ0n) is 20.4. The molecular formula is C27H32N4O4. The number of nitrogens with zero attached hydrogens (tertiary/aromatic N) is 2. The number of carbonyl (C=O) groups excluding carboxylic acids is 2. The Bertz CT molecular complexity index is 1210. The summed E-state index contributed by atoms with van der Waals surface area (Å²) < 4.78 is 12.8. The average molecular weight is 477 g/mol. The number of methoxy groups -OCH3 is 1. The maximum absolute atomic E-state index is 13.1. The van der Waals surface area contributed by atoms with Gasteiger partial charge in [0.2, 0.25) is 0 Å². The summed E-state index contributed by atoms with van der Waals surface area (Å²) in [5.41, 5.74) is 2.50. The fourth-order valence-corrected chi connectivity index (χ4v) is 4.22. The van der Waals surface area contributed by atoms with Gasteiger partial charge in [-0.2, -0.15) is 0 Å². The fourth-order valence-electron chi connectivity index (χ4n) is 4.22. The number of benzene rings is 1. The van der Waals surface area contributed by atoms with Crippen LogP contribution in [0.3, 0.4) is 0 Å². The number of hydrogen-bond donors (Lipinski definition) is 2. The Balaban J connectivity index is 1.78. The highest BCUT2D eigenvalue weighted by Gasteiger charge is 2.29. The van der Waals surface area contributed by atoms with Gasteiger partial charge in [0, 0.05) is 24.1 Å². The second-order valence-corrected chi connectivity index (χ2v) is 8.93. The zero-order chi connectivity index (χ0) is 24.8. The molecule has 1 aliphatic heterocycles. The normalized spacial score (nSPS) is 15.7. The topological polar surface area (TPSA) is 94.5 Å². The SMILES string of the molecule is COC(=O)c1c(NC(=O)c2ccccc2)c2cc(NCC=CC(C)C)cnc2n1CC1CCCO1. The zero-order valence-corrected chi connectivity index (χ0v) is 20.4. The van der Waals surface area contributed by atoms with Gasteiger partial charge in [-0.25, -0.2) is 9.78 Å². The highest BCUT2D eigenvalue weighted by atomic mass is 16.5. The van der Waals surface area contributed by atoms with Crippen molar-refractivity contribution in [1.82, 2.24) is 9.55 Å². The molecule has 1 saturated heterocycles. The number of hydrogen-bond acceptors (Lipinski definition) is 6. The lowest BCUT2D eigenvalue weighted by molar-refractivity contribution is 0.0580. The highest BCUT2D eigenvalue weighted by Crippen LogP contribution is 2.34. The van der Waals surface area contributed by atoms with Gasteiger partial charge in [0.1, 0.15) is 5.65 Å². The maximum atomic E-state index is 13.1. The van der Waals surface area contributed by atoms with Crippen LogP contribution in [0.2, 0.25) is 0 Å². The van der Waals surface area contributed by atoms with Crippen LogP contribution in [0, 0.1) is 5.92 Å². The summed E-state index contributed by atoms with van der Waals surface area (Å²) >= 11 is 0. The molecule has 1 amide bonds. The molecule has 3 aromatic rings. The standard InChI is InChI=1S/C27H32N4O4/c1-18(2)9-7-13-28-20-15-22-23(30-26(32)19-10-5-4-6-11-19)24(27(33)34-3)31(25(22)29-16-20)17-21-12-8-14-35-21/h4-7,9-11,15-16,18,21,28H,8,12-14,17H2,1-3H3,(H,30,32). The Kier molecular flexibility index (Phi) is 7.82. The van der Waals surface area contributed by atoms with Crippen LogP contribution in [0.1, 0.15) is 47.5 Å². The quantitative estimate of drug-likeness (QED) is 0.338. The molecule has 1 fully saturated rings. The van der Waals surface area contributed by atoms with E-state index in [0.29, 0.717) is 47.9 Å². The average Bonchev–Trinajstić information content (AvgIpc) is 3.48. The molecule has 0 spiro atoms. The van der Waals surface area contributed by atoms with E-state index in [2.05, 4.69) is 41.6 Å². The smallest absolute Gasteiger partial charge is 0.356 e. The van der Waals surface area contributed by atoms with E-state index in [-0.39, 0.29) is 17.7 Å². The van der Waals surface area contributed by atoms with E-state index in [1.807, 2.05) is 12.1 Å². The Morgan fingerprint density at radius 3 is 2.77 bits per heavy atom. The van der Waals surface area contributed by atoms with Crippen LogP contribution in [-0.4, -0.2) is 47.8 Å². The van der Waals surface area contributed by atoms with Gasteiger partial charge in [-0.05, 0) is 37.0 Å². The third kappa shape index (κ3) is 5.71. The van der Waals surface area contributed by atoms with Crippen LogP contribution in [0.15, 0.2) is 54.7 Å². The molecule has 3 heterocycles. The van der Waals surface area contributed by atoms with Crippen LogP contribution >= 0.6 is 0 Å². The first-order chi connectivity index (χ1) is 17.0. The Hall–Kier alpha value is -3.65. The van der Waals surface area contributed by atoms with Gasteiger partial charge in [0.15, 0.2) is 5.69 Å². The van der Waals surface area contributed by atoms with Crippen molar-refractivity contribution in [2.24, 2.45) is 5.92 Å². The van der Waals surface area contributed by atoms with E-state index in [1.165, 1.54) is 7.11 Å². The minimum atomic E-state index is -0.543. The second-order valence-electron chi connectivity index (χ2n) is 8.93. The lowest BCUT2D eigenvalue weighted by atomic mass is 10.2. The van der Waals surface area contributed by atoms with Gasteiger partial charge < -0.3 is 24.7 Å². The number of allylic oxidation sites excluding steroid dienone is 1. The number of anilines is 2. The Labute approximate surface area is 205 Å². The first-order valence-electron chi connectivity index (χ1n) is 12.0. The first kappa shape index (κ1) is 24.5. The van der Waals surface area contributed by atoms with Crippen LogP contribution in [0.4, 0.5) is 11.4 Å². The number of pyridine rings is 1. The Morgan fingerprint density at radius 2 is 2.09 bits per heavy atom. The number of rotatable bonds is 9. The molecule has 1 atom stereocenters. The summed E-state index contributed by atoms with van der Waals surface area (Å²) in [5.74, 6) is -0.393. The monoisotopic (exact) mass is 476 g/mol. The molecule has 8 nitrogen and oxygen atoms in total. The van der Waals surface area contributed by atoms with Gasteiger partial charge in [-0.3, -0.25) is 4.79 Å². The molecule has 0 bridgehead atoms. The van der Waals surface area contributed by atoms with Crippen LogP contribution in [0.5, 0.6) is 0 Å². The predicted octanol–water partition coefficient (Wildman–Crippen LogP) is 4.88. The van der Waals surface area contributed by atoms with Crippen molar-refractivity contribution in [3.8, 4) is 0 Å². The van der Waals surface area contributed by atoms with Crippen molar-refractivity contribution < 1.29 is 19.1 Å². The van der Waals surface area contributed by atoms with Crippen molar-refractivity contribution >= 4 is 34.3 Å². The predicted molar refractivity (Wildman–Crippen MR) is 137 cm³/mol. The first-order valence-corrected chi connectivity index (χ1v) is 12.0. The molecule has 35 heavy (non-hydrogen) atoms. The van der Waals surface area contributed by atoms with Crippen molar-refractivity contribution in [2.75, 3.05) is 30.9 Å². The minimum Gasteiger partial charge on any atom is -0.464 e. The van der Waals surface area contributed by atoms with Crippen LogP contribution in [-0.2, 0) is 16.0 Å². The molecule has 2 N–H and O–H groups in total. The summed E-state index contributed by atoms with van der Waals surface area (Å²) in [6.07, 6.45) is 7.76. The maximum Gasteiger partial charge on any atom is 0.356 e. The van der Waals surface area contributed by atoms with E-state index in [1.54, 1.807) is 35.0 Å². The second kappa shape index (κ2) is 11.2. The third-order valence-electron chi connectivity index (χ3n) is 5.91. The van der Waals surface area contributed by atoms with Crippen molar-refractivity contribution in [3.63, 3.8) is 0 Å². The minimum absolute atomic E-state index is 0.0348. The number of esters is 1. The number of carbonyl (C=O) groups is 2. The molecule has 184 valence electrons. The molecule has 2 aromatic heterocycles. The van der Waals surface area contributed by atoms with Gasteiger partial charge in [0.05, 0.1) is 37.3 Å². The number of ether oxygens (including phenoxy) is 2. The number of aromatic nitrogens is 2. The van der Waals surface area contributed by atoms with Gasteiger partial charge in [-0.1, -0.05) is 44.2 Å². The molecular weight excluding hydrogens is 444 g/mol. The van der Waals surface area contributed by atoms with Crippen molar-refractivity contribution in [3.05, 3.63) is 66.0 Å². The third-order valence-corrected chi connectivity index (χ3v) is 5.91. The van der Waals surface area contributed by atoms with E-state index in [4.69, 9.17) is 9.47 Å². The van der Waals surface area contributed by atoms with E-state index in [0.717, 1.165) is 18.5 Å². The lowest BCUT2D eigenvalue weighted by Crippen LogP contribution is -2.21. The molecule has 0 saturated carbocycles. The summed E-state index contributed by atoms with van der Waals surface area (Å²) in [4.78, 5) is 30.8. The lowest BCUT2D eigenvalue weighted by Gasteiger charge is -2.14. The molecule has 1 aromatic carbocycles. The molecule has 1 unspecified atom stereocenters. The van der Waals surface area contributed by atoms with Crippen LogP contribution in [0.25, 0.3) is 11.0 Å². The van der Waals surface area contributed by atoms with Crippen molar-refractivity contribution in [1.29, 1.82) is 0 Å². The summed E-state index contributed by atoms with van der Waals surface area (Å²) in [6, 6.07) is 10.8. The summed E-state index contributed by atoms with van der Waals surface area (Å²) in [7, 11) is 1.33. The van der Waals surface area contributed by atoms with E-state index >= 15 is 0 Å². The van der Waals surface area contributed by atoms with E-state index in [9.17, 15) is 9.59 Å². The van der Waals surface area contributed by atoms with E-state index < -0.39 is 5.97 Å². The van der Waals surface area contributed by atoms with Crippen molar-refractivity contribution in [2.45, 2.75) is 39.3 Å². The molecule has 0 radical (unpaired) electrons. The van der Waals surface area contributed by atoms with Gasteiger partial charge >= 0.3 is 5.97 Å². The Morgan fingerprint density at radius 1 is 1.29 bits per heavy atom. The number of nitrogens with one attached hydrogen (secondary N) is 2. The van der Waals surface area contributed by atoms with Gasteiger partial charge in [0.25, 0.3) is 5.91 Å². The highest BCUT2D eigenvalue weighted by molar-refractivity contribution is 6.14. The van der Waals surface area contributed by atoms with Crippen LogP contribution < -0.4 is 10.6 Å². The largest absolute Gasteiger partial charge is 0.464 e. The fraction of sp³-hybridized carbons (Fsp3) is 0.370. The number of fused-ring (bicyclic) bond motifs is 1. The molecule has 8 heteroatoms.